The van der Waals surface area contributed by atoms with Crippen molar-refractivity contribution in [1.82, 2.24) is 4.98 Å². The van der Waals surface area contributed by atoms with E-state index in [-0.39, 0.29) is 0 Å². The maximum atomic E-state index is 11.6. The van der Waals surface area contributed by atoms with Crippen LogP contribution >= 0.6 is 11.3 Å². The largest absolute Gasteiger partial charge is 0.497 e. The fourth-order valence-corrected chi connectivity index (χ4v) is 2.32. The lowest BCUT2D eigenvalue weighted by molar-refractivity contribution is -0.118. The van der Waals surface area contributed by atoms with Crippen molar-refractivity contribution < 1.29 is 9.53 Å². The topological polar surface area (TPSA) is 77.2 Å². The van der Waals surface area contributed by atoms with Gasteiger partial charge in [-0.2, -0.15) is 0 Å². The van der Waals surface area contributed by atoms with Gasteiger partial charge in [-0.05, 0) is 19.1 Å². The summed E-state index contributed by atoms with van der Waals surface area (Å²) in [6.07, 6.45) is 0. The Morgan fingerprint density at radius 1 is 1.53 bits per heavy atom. The zero-order valence-electron chi connectivity index (χ0n) is 10.7. The van der Waals surface area contributed by atoms with Gasteiger partial charge in [-0.3, -0.25) is 4.79 Å². The molecule has 1 aromatic heterocycles. The summed E-state index contributed by atoms with van der Waals surface area (Å²) in [7, 11) is 1.59. The van der Waals surface area contributed by atoms with Crippen LogP contribution in [0.4, 0.5) is 5.69 Å². The lowest BCUT2D eigenvalue weighted by atomic mass is 10.2. The molecule has 3 N–H and O–H groups in total. The number of hydrogen-bond acceptors (Lipinski definition) is 5. The van der Waals surface area contributed by atoms with E-state index in [1.807, 2.05) is 30.5 Å². The van der Waals surface area contributed by atoms with Crippen LogP contribution < -0.4 is 15.8 Å². The van der Waals surface area contributed by atoms with Crippen molar-refractivity contribution >= 4 is 22.9 Å². The summed E-state index contributed by atoms with van der Waals surface area (Å²) >= 11 is 1.48. The first-order chi connectivity index (χ1) is 9.10. The van der Waals surface area contributed by atoms with Crippen LogP contribution in [0.5, 0.6) is 5.75 Å². The molecule has 0 bridgehead atoms. The summed E-state index contributed by atoms with van der Waals surface area (Å²) in [5.41, 5.74) is 6.82. The standard InChI is InChI=1S/C13H15N3O2S/c1-8-15-11(7-19-8)12(13(14)17)16-9-4-3-5-10(6-9)18-2/h3-7,12,16H,1-2H3,(H2,14,17). The van der Waals surface area contributed by atoms with Crippen LogP contribution in [0.2, 0.25) is 0 Å². The molecule has 2 aromatic rings. The Balaban J connectivity index is 2.23. The highest BCUT2D eigenvalue weighted by Crippen LogP contribution is 2.23. The van der Waals surface area contributed by atoms with Crippen molar-refractivity contribution in [2.45, 2.75) is 13.0 Å². The number of thiazole rings is 1. The van der Waals surface area contributed by atoms with Gasteiger partial charge in [-0.1, -0.05) is 6.07 Å². The van der Waals surface area contributed by atoms with E-state index in [0.717, 1.165) is 10.7 Å². The van der Waals surface area contributed by atoms with Gasteiger partial charge in [0, 0.05) is 17.1 Å². The molecule has 0 aliphatic rings. The molecule has 6 heteroatoms. The van der Waals surface area contributed by atoms with E-state index in [0.29, 0.717) is 11.4 Å². The van der Waals surface area contributed by atoms with Crippen LogP contribution in [0, 0.1) is 6.92 Å². The normalized spacial score (nSPS) is 11.9. The fourth-order valence-electron chi connectivity index (χ4n) is 1.68. The molecule has 1 amide bonds. The highest BCUT2D eigenvalue weighted by Gasteiger charge is 2.20. The maximum absolute atomic E-state index is 11.6. The lowest BCUT2D eigenvalue weighted by Crippen LogP contribution is -2.28. The van der Waals surface area contributed by atoms with E-state index in [1.165, 1.54) is 11.3 Å². The molecule has 0 radical (unpaired) electrons. The number of carbonyl (C=O) groups excluding carboxylic acids is 1. The predicted molar refractivity (Wildman–Crippen MR) is 75.4 cm³/mol. The van der Waals surface area contributed by atoms with Crippen LogP contribution in [0.15, 0.2) is 29.6 Å². The van der Waals surface area contributed by atoms with Crippen molar-refractivity contribution in [1.29, 1.82) is 0 Å². The van der Waals surface area contributed by atoms with Crippen LogP contribution in [-0.2, 0) is 4.79 Å². The Bertz CT molecular complexity index is 583. The van der Waals surface area contributed by atoms with E-state index in [9.17, 15) is 4.79 Å². The van der Waals surface area contributed by atoms with Gasteiger partial charge in [0.15, 0.2) is 0 Å². The second kappa shape index (κ2) is 5.71. The highest BCUT2D eigenvalue weighted by atomic mass is 32.1. The summed E-state index contributed by atoms with van der Waals surface area (Å²) in [5, 5.41) is 5.80. The number of carbonyl (C=O) groups is 1. The first-order valence-corrected chi connectivity index (χ1v) is 6.60. The van der Waals surface area contributed by atoms with E-state index >= 15 is 0 Å². The molecule has 0 saturated heterocycles. The zero-order chi connectivity index (χ0) is 13.8. The first kappa shape index (κ1) is 13.4. The smallest absolute Gasteiger partial charge is 0.246 e. The third-order valence-electron chi connectivity index (χ3n) is 2.60. The summed E-state index contributed by atoms with van der Waals surface area (Å²) < 4.78 is 5.14. The number of nitrogens with one attached hydrogen (secondary N) is 1. The molecule has 2 rings (SSSR count). The number of anilines is 1. The number of methoxy groups -OCH3 is 1. The molecule has 1 atom stereocenters. The molecule has 1 heterocycles. The Morgan fingerprint density at radius 2 is 2.32 bits per heavy atom. The minimum atomic E-state index is -0.642. The van der Waals surface area contributed by atoms with Crippen molar-refractivity contribution in [2.24, 2.45) is 5.73 Å². The Hall–Kier alpha value is -2.08. The number of amides is 1. The number of ether oxygens (including phenoxy) is 1. The van der Waals surface area contributed by atoms with Crippen LogP contribution in [0.1, 0.15) is 16.7 Å². The molecule has 5 nitrogen and oxygen atoms in total. The average molecular weight is 277 g/mol. The summed E-state index contributed by atoms with van der Waals surface area (Å²) in [4.78, 5) is 15.9. The zero-order valence-corrected chi connectivity index (χ0v) is 11.5. The maximum Gasteiger partial charge on any atom is 0.246 e. The minimum absolute atomic E-state index is 0.465. The Kier molecular flexibility index (Phi) is 4.01. The molecule has 19 heavy (non-hydrogen) atoms. The summed E-state index contributed by atoms with van der Waals surface area (Å²) in [6.45, 7) is 1.89. The first-order valence-electron chi connectivity index (χ1n) is 5.72. The number of primary amides is 1. The number of benzene rings is 1. The minimum Gasteiger partial charge on any atom is -0.497 e. The Labute approximate surface area is 115 Å². The molecule has 0 aliphatic carbocycles. The van der Waals surface area contributed by atoms with Crippen LogP contribution in [0.3, 0.4) is 0 Å². The molecule has 0 saturated carbocycles. The molecular weight excluding hydrogens is 262 g/mol. The average Bonchev–Trinajstić information content (AvgIpc) is 2.82. The molecule has 0 fully saturated rings. The summed E-state index contributed by atoms with van der Waals surface area (Å²) in [6, 6.07) is 6.67. The van der Waals surface area contributed by atoms with Crippen LogP contribution in [-0.4, -0.2) is 18.0 Å². The number of hydrogen-bond donors (Lipinski definition) is 2. The van der Waals surface area contributed by atoms with Gasteiger partial charge in [0.1, 0.15) is 11.8 Å². The molecule has 0 aliphatic heterocycles. The fraction of sp³-hybridized carbons (Fsp3) is 0.231. The van der Waals surface area contributed by atoms with Gasteiger partial charge in [-0.25, -0.2) is 4.98 Å². The van der Waals surface area contributed by atoms with Gasteiger partial charge < -0.3 is 15.8 Å². The lowest BCUT2D eigenvalue weighted by Gasteiger charge is -2.15. The number of nitrogens with two attached hydrogens (primary N) is 1. The van der Waals surface area contributed by atoms with Gasteiger partial charge in [-0.15, -0.1) is 11.3 Å². The van der Waals surface area contributed by atoms with Crippen molar-refractivity contribution in [3.8, 4) is 5.75 Å². The van der Waals surface area contributed by atoms with Crippen molar-refractivity contribution in [2.75, 3.05) is 12.4 Å². The number of nitrogens with zero attached hydrogens (tertiary/aromatic N) is 1. The van der Waals surface area contributed by atoms with Gasteiger partial charge in [0.25, 0.3) is 0 Å². The Morgan fingerprint density at radius 3 is 2.89 bits per heavy atom. The third-order valence-corrected chi connectivity index (χ3v) is 3.39. The van der Waals surface area contributed by atoms with E-state index in [1.54, 1.807) is 13.2 Å². The number of aryl methyl sites for hydroxylation is 1. The number of aromatic nitrogens is 1. The van der Waals surface area contributed by atoms with Gasteiger partial charge in [0.05, 0.1) is 17.8 Å². The molecule has 0 spiro atoms. The second-order valence-corrected chi connectivity index (χ2v) is 5.07. The SMILES string of the molecule is COc1cccc(NC(C(N)=O)c2csc(C)n2)c1. The van der Waals surface area contributed by atoms with Crippen molar-refractivity contribution in [3.05, 3.63) is 40.3 Å². The third kappa shape index (κ3) is 3.23. The molecule has 100 valence electrons. The summed E-state index contributed by atoms with van der Waals surface area (Å²) in [5.74, 6) is 0.246. The molecular formula is C13H15N3O2S. The van der Waals surface area contributed by atoms with Gasteiger partial charge >= 0.3 is 0 Å². The predicted octanol–water partition coefficient (Wildman–Crippen LogP) is 2.10. The number of rotatable bonds is 5. The molecule has 1 unspecified atom stereocenters. The van der Waals surface area contributed by atoms with Crippen LogP contribution in [0.25, 0.3) is 0 Å². The van der Waals surface area contributed by atoms with E-state index in [4.69, 9.17) is 10.5 Å². The highest BCUT2D eigenvalue weighted by molar-refractivity contribution is 7.09. The quantitative estimate of drug-likeness (QED) is 0.877. The molecule has 1 aromatic carbocycles. The van der Waals surface area contributed by atoms with Crippen molar-refractivity contribution in [3.63, 3.8) is 0 Å². The van der Waals surface area contributed by atoms with E-state index < -0.39 is 11.9 Å². The second-order valence-electron chi connectivity index (χ2n) is 4.00. The monoisotopic (exact) mass is 277 g/mol. The van der Waals surface area contributed by atoms with Gasteiger partial charge in [0.2, 0.25) is 5.91 Å². The van der Waals surface area contributed by atoms with E-state index in [2.05, 4.69) is 10.3 Å².